The van der Waals surface area contributed by atoms with Gasteiger partial charge in [0.2, 0.25) is 0 Å². The van der Waals surface area contributed by atoms with E-state index in [0.29, 0.717) is 0 Å². The molecule has 7 nitrogen and oxygen atoms in total. The number of benzene rings is 2. The minimum absolute atomic E-state index is 0.782. The van der Waals surface area contributed by atoms with Gasteiger partial charge in [0, 0.05) is 61.4 Å². The maximum Gasteiger partial charge on any atom is 0.145 e. The highest BCUT2D eigenvalue weighted by atomic mass is 32.2. The van der Waals surface area contributed by atoms with E-state index in [1.807, 2.05) is 7.05 Å². The Hall–Kier alpha value is -2.91. The highest BCUT2D eigenvalue weighted by molar-refractivity contribution is 7.97. The Morgan fingerprint density at radius 1 is 0.806 bits per heavy atom. The largest absolute Gasteiger partial charge is 0.369 e. The predicted octanol–water partition coefficient (Wildman–Crippen LogP) is 4.33. The molecule has 0 atom stereocenters. The molecule has 1 aliphatic heterocycles. The highest BCUT2D eigenvalue weighted by Crippen LogP contribution is 2.24. The van der Waals surface area contributed by atoms with Gasteiger partial charge in [-0.25, -0.2) is 9.97 Å². The molecule has 0 spiro atoms. The number of fused-ring (bicyclic) bond motifs is 1. The van der Waals surface area contributed by atoms with Gasteiger partial charge in [-0.05, 0) is 68.4 Å². The summed E-state index contributed by atoms with van der Waals surface area (Å²) in [6, 6.07) is 23.2. The van der Waals surface area contributed by atoms with Crippen LogP contribution in [0.5, 0.6) is 0 Å². The number of anilines is 1. The highest BCUT2D eigenvalue weighted by Gasteiger charge is 2.20. The lowest BCUT2D eigenvalue weighted by Gasteiger charge is -2.34. The summed E-state index contributed by atoms with van der Waals surface area (Å²) >= 11 is 1.78. The molecule has 1 fully saturated rings. The predicted molar refractivity (Wildman–Crippen MR) is 149 cm³/mol. The second kappa shape index (κ2) is 12.4. The van der Waals surface area contributed by atoms with E-state index >= 15 is 0 Å². The summed E-state index contributed by atoms with van der Waals surface area (Å²) in [5.74, 6) is 1.84. The molecule has 0 amide bonds. The summed E-state index contributed by atoms with van der Waals surface area (Å²) in [5, 5.41) is 7.82. The van der Waals surface area contributed by atoms with E-state index in [1.54, 1.807) is 11.9 Å². The summed E-state index contributed by atoms with van der Waals surface area (Å²) in [6.45, 7) is 7.76. The van der Waals surface area contributed by atoms with Crippen LogP contribution in [0.1, 0.15) is 17.9 Å². The molecular weight excluding hydrogens is 466 g/mol. The molecule has 2 aromatic carbocycles. The fourth-order valence-electron chi connectivity index (χ4n) is 4.54. The fourth-order valence-corrected chi connectivity index (χ4v) is 5.42. The molecule has 36 heavy (non-hydrogen) atoms. The van der Waals surface area contributed by atoms with Crippen LogP contribution in [0.15, 0.2) is 77.8 Å². The number of nitrogens with one attached hydrogen (secondary N) is 2. The zero-order valence-corrected chi connectivity index (χ0v) is 21.8. The van der Waals surface area contributed by atoms with Crippen LogP contribution < -0.4 is 10.6 Å². The first-order valence-electron chi connectivity index (χ1n) is 12.8. The van der Waals surface area contributed by atoms with Gasteiger partial charge in [-0.2, -0.15) is 0 Å². The van der Waals surface area contributed by atoms with Crippen molar-refractivity contribution in [2.45, 2.75) is 24.4 Å². The van der Waals surface area contributed by atoms with E-state index in [0.717, 1.165) is 81.3 Å². The monoisotopic (exact) mass is 501 g/mol. The molecule has 4 aromatic rings. The summed E-state index contributed by atoms with van der Waals surface area (Å²) in [4.78, 5) is 16.1. The third-order valence-corrected chi connectivity index (χ3v) is 7.54. The number of rotatable bonds is 11. The Balaban J connectivity index is 1.17. The minimum atomic E-state index is 0.782. The minimum Gasteiger partial charge on any atom is -0.369 e. The first-order valence-corrected chi connectivity index (χ1v) is 13.5. The van der Waals surface area contributed by atoms with Crippen LogP contribution in [0.3, 0.4) is 0 Å². The van der Waals surface area contributed by atoms with E-state index in [-0.39, 0.29) is 0 Å². The van der Waals surface area contributed by atoms with Gasteiger partial charge in [0.25, 0.3) is 0 Å². The van der Waals surface area contributed by atoms with Crippen LogP contribution in [0.4, 0.5) is 5.82 Å². The molecule has 0 aliphatic carbocycles. The fraction of sp³-hybridized carbons (Fsp3) is 0.357. The quantitative estimate of drug-likeness (QED) is 0.297. The number of para-hydroxylation sites is 1. The van der Waals surface area contributed by atoms with Crippen molar-refractivity contribution in [1.82, 2.24) is 29.1 Å². The van der Waals surface area contributed by atoms with Gasteiger partial charge in [0.05, 0.1) is 12.1 Å². The molecule has 3 heterocycles. The Kier molecular flexibility index (Phi) is 8.51. The van der Waals surface area contributed by atoms with Crippen LogP contribution >= 0.6 is 11.9 Å². The Morgan fingerprint density at radius 3 is 2.36 bits per heavy atom. The van der Waals surface area contributed by atoms with Crippen LogP contribution in [-0.2, 0) is 13.1 Å². The van der Waals surface area contributed by atoms with E-state index in [2.05, 4.69) is 97.3 Å². The number of hydrogen-bond acceptors (Lipinski definition) is 7. The van der Waals surface area contributed by atoms with Gasteiger partial charge < -0.3 is 10.6 Å². The van der Waals surface area contributed by atoms with E-state index < -0.39 is 0 Å². The van der Waals surface area contributed by atoms with E-state index in [9.17, 15) is 0 Å². The van der Waals surface area contributed by atoms with Crippen LogP contribution in [0.2, 0.25) is 0 Å². The SMILES string of the molecule is CNCCCNc1nc(CN2CCN(Cc3cccn3Sc3ccccc3)CC2)nc2ccccc12. The number of nitrogens with zero attached hydrogens (tertiary/aromatic N) is 5. The summed E-state index contributed by atoms with van der Waals surface area (Å²) in [6.07, 6.45) is 3.21. The van der Waals surface area contributed by atoms with Gasteiger partial charge >= 0.3 is 0 Å². The second-order valence-corrected chi connectivity index (χ2v) is 10.2. The van der Waals surface area contributed by atoms with Crippen molar-refractivity contribution in [1.29, 1.82) is 0 Å². The molecule has 0 bridgehead atoms. The molecule has 0 saturated carbocycles. The summed E-state index contributed by atoms with van der Waals surface area (Å²) in [5.41, 5.74) is 2.35. The zero-order valence-electron chi connectivity index (χ0n) is 20.9. The molecule has 0 unspecified atom stereocenters. The lowest BCUT2D eigenvalue weighted by atomic mass is 10.2. The van der Waals surface area contributed by atoms with Crippen molar-refractivity contribution >= 4 is 28.7 Å². The first-order chi connectivity index (χ1) is 17.8. The molecule has 5 rings (SSSR count). The van der Waals surface area contributed by atoms with Crippen LogP contribution in [0, 0.1) is 0 Å². The van der Waals surface area contributed by atoms with Crippen molar-refractivity contribution in [3.05, 3.63) is 84.4 Å². The maximum absolute atomic E-state index is 4.92. The van der Waals surface area contributed by atoms with Crippen molar-refractivity contribution in [3.63, 3.8) is 0 Å². The average molecular weight is 502 g/mol. The summed E-state index contributed by atoms with van der Waals surface area (Å²) in [7, 11) is 1.99. The molecule has 2 aromatic heterocycles. The van der Waals surface area contributed by atoms with Crippen LogP contribution in [0.25, 0.3) is 10.9 Å². The van der Waals surface area contributed by atoms with Crippen LogP contribution in [-0.4, -0.2) is 70.1 Å². The van der Waals surface area contributed by atoms with E-state index in [1.165, 1.54) is 10.6 Å². The number of aromatic nitrogens is 3. The first kappa shape index (κ1) is 24.8. The molecule has 1 saturated heterocycles. The Bertz CT molecular complexity index is 1240. The molecule has 0 radical (unpaired) electrons. The van der Waals surface area contributed by atoms with Crippen molar-refractivity contribution in [2.24, 2.45) is 0 Å². The second-order valence-electron chi connectivity index (χ2n) is 9.17. The zero-order chi connectivity index (χ0) is 24.6. The van der Waals surface area contributed by atoms with E-state index in [4.69, 9.17) is 9.97 Å². The molecule has 2 N–H and O–H groups in total. The van der Waals surface area contributed by atoms with Crippen molar-refractivity contribution in [3.8, 4) is 0 Å². The average Bonchev–Trinajstić information content (AvgIpc) is 3.34. The molecule has 188 valence electrons. The Labute approximate surface area is 218 Å². The third-order valence-electron chi connectivity index (χ3n) is 6.50. The van der Waals surface area contributed by atoms with Crippen molar-refractivity contribution < 1.29 is 0 Å². The Morgan fingerprint density at radius 2 is 1.56 bits per heavy atom. The molecular formula is C28H35N7S. The maximum atomic E-state index is 4.92. The number of piperazine rings is 1. The smallest absolute Gasteiger partial charge is 0.145 e. The van der Waals surface area contributed by atoms with Gasteiger partial charge in [-0.15, -0.1) is 0 Å². The van der Waals surface area contributed by atoms with Gasteiger partial charge in [0.15, 0.2) is 0 Å². The van der Waals surface area contributed by atoms with Gasteiger partial charge in [-0.3, -0.25) is 13.8 Å². The number of hydrogen-bond donors (Lipinski definition) is 2. The van der Waals surface area contributed by atoms with Gasteiger partial charge in [0.1, 0.15) is 11.6 Å². The lowest BCUT2D eigenvalue weighted by molar-refractivity contribution is 0.119. The molecule has 8 heteroatoms. The van der Waals surface area contributed by atoms with Crippen molar-refractivity contribution in [2.75, 3.05) is 51.6 Å². The lowest BCUT2D eigenvalue weighted by Crippen LogP contribution is -2.45. The summed E-state index contributed by atoms with van der Waals surface area (Å²) < 4.78 is 2.29. The third kappa shape index (κ3) is 6.44. The molecule has 1 aliphatic rings. The normalized spacial score (nSPS) is 14.9. The topological polar surface area (TPSA) is 61.3 Å². The standard InChI is InChI=1S/C28H35N7S/c1-29-14-8-15-30-28-25-12-5-6-13-26(25)31-27(32-28)22-34-19-17-33(18-20-34)21-23-9-7-16-35(23)36-24-10-3-2-4-11-24/h2-7,9-13,16,29H,8,14-15,17-22H2,1H3,(H,30,31,32). The van der Waals surface area contributed by atoms with Gasteiger partial charge in [-0.1, -0.05) is 30.3 Å².